The van der Waals surface area contributed by atoms with Gasteiger partial charge in [-0.05, 0) is 24.8 Å². The van der Waals surface area contributed by atoms with Gasteiger partial charge in [0.2, 0.25) is 0 Å². The highest BCUT2D eigenvalue weighted by atomic mass is 28.3. The van der Waals surface area contributed by atoms with E-state index in [0.29, 0.717) is 6.61 Å². The number of hydrogen-bond acceptors (Lipinski definition) is 2. The number of carbonyl (C=O) groups excluding carboxylic acids is 1. The normalized spacial score (nSPS) is 23.3. The number of rotatable bonds is 5. The molecule has 0 aromatic heterocycles. The molecule has 0 amide bonds. The second-order valence-electron chi connectivity index (χ2n) is 6.85. The van der Waals surface area contributed by atoms with Gasteiger partial charge in [0.05, 0.1) is 11.6 Å². The molecule has 2 aromatic carbocycles. The Labute approximate surface area is 139 Å². The Kier molecular flexibility index (Phi) is 4.15. The molecule has 0 bridgehead atoms. The van der Waals surface area contributed by atoms with Crippen molar-refractivity contribution in [1.82, 2.24) is 0 Å². The van der Waals surface area contributed by atoms with Gasteiger partial charge in [-0.15, -0.1) is 0 Å². The van der Waals surface area contributed by atoms with E-state index in [1.807, 2.05) is 19.1 Å². The summed E-state index contributed by atoms with van der Waals surface area (Å²) in [5.74, 6) is 0.277. The van der Waals surface area contributed by atoms with Crippen molar-refractivity contribution in [2.24, 2.45) is 0 Å². The number of benzene rings is 2. The molecule has 0 N–H and O–H groups in total. The molecule has 0 aliphatic heterocycles. The second-order valence-corrected chi connectivity index (χ2v) is 11.6. The van der Waals surface area contributed by atoms with E-state index in [1.54, 1.807) is 0 Å². The van der Waals surface area contributed by atoms with Crippen LogP contribution in [-0.2, 0) is 9.53 Å². The van der Waals surface area contributed by atoms with Crippen molar-refractivity contribution in [3.63, 3.8) is 0 Å². The van der Waals surface area contributed by atoms with Crippen LogP contribution in [0.3, 0.4) is 0 Å². The summed E-state index contributed by atoms with van der Waals surface area (Å²) in [4.78, 5) is 12.9. The number of carbonyl (C=O) groups is 1. The molecule has 1 aliphatic carbocycles. The lowest BCUT2D eigenvalue weighted by Gasteiger charge is -2.33. The van der Waals surface area contributed by atoms with Gasteiger partial charge >= 0.3 is 5.97 Å². The highest BCUT2D eigenvalue weighted by Crippen LogP contribution is 2.71. The minimum absolute atomic E-state index is 0.00521. The van der Waals surface area contributed by atoms with Gasteiger partial charge in [0, 0.05) is 0 Å². The Bertz CT molecular complexity index is 681. The molecule has 0 saturated heterocycles. The Morgan fingerprint density at radius 3 is 2.22 bits per heavy atom. The molecule has 2 nitrogen and oxygen atoms in total. The lowest BCUT2D eigenvalue weighted by atomic mass is 10.1. The number of ether oxygens (including phenoxy) is 1. The standard InChI is InChI=1S/C20H24O2Si/c1-4-22-19(21)20(15-18(20)16-11-7-5-8-12-16)23(2,3)17-13-9-6-10-14-17/h5-14,18H,4,15H2,1-3H3/t18-,20+/m0/s1. The molecule has 0 radical (unpaired) electrons. The minimum Gasteiger partial charge on any atom is -0.466 e. The van der Waals surface area contributed by atoms with E-state index in [9.17, 15) is 4.79 Å². The van der Waals surface area contributed by atoms with Gasteiger partial charge < -0.3 is 4.74 Å². The first-order valence-electron chi connectivity index (χ1n) is 8.31. The smallest absolute Gasteiger partial charge is 0.310 e. The van der Waals surface area contributed by atoms with Crippen LogP contribution in [0, 0.1) is 0 Å². The van der Waals surface area contributed by atoms with Crippen LogP contribution in [-0.4, -0.2) is 20.7 Å². The lowest BCUT2D eigenvalue weighted by molar-refractivity contribution is -0.144. The summed E-state index contributed by atoms with van der Waals surface area (Å²) < 4.78 is 5.52. The zero-order valence-electron chi connectivity index (χ0n) is 14.1. The van der Waals surface area contributed by atoms with Crippen molar-refractivity contribution in [1.29, 1.82) is 0 Å². The van der Waals surface area contributed by atoms with E-state index in [2.05, 4.69) is 61.6 Å². The fourth-order valence-electron chi connectivity index (χ4n) is 3.89. The molecule has 3 rings (SSSR count). The van der Waals surface area contributed by atoms with Crippen molar-refractivity contribution in [2.45, 2.75) is 37.4 Å². The van der Waals surface area contributed by atoms with Crippen molar-refractivity contribution in [3.05, 3.63) is 66.2 Å². The topological polar surface area (TPSA) is 26.3 Å². The molecule has 23 heavy (non-hydrogen) atoms. The molecular formula is C20H24O2Si. The average Bonchev–Trinajstić information content (AvgIpc) is 3.34. The first kappa shape index (κ1) is 16.0. The first-order valence-corrected chi connectivity index (χ1v) is 11.3. The van der Waals surface area contributed by atoms with Crippen LogP contribution in [0.4, 0.5) is 0 Å². The van der Waals surface area contributed by atoms with Gasteiger partial charge in [-0.1, -0.05) is 78.9 Å². The fourth-order valence-corrected chi connectivity index (χ4v) is 7.77. The molecule has 0 unspecified atom stereocenters. The van der Waals surface area contributed by atoms with E-state index in [4.69, 9.17) is 4.74 Å². The SMILES string of the molecule is CCOC(=O)[C@@]1([Si](C)(C)c2ccccc2)C[C@H]1c1ccccc1. The summed E-state index contributed by atoms with van der Waals surface area (Å²) in [6.45, 7) is 6.95. The first-order chi connectivity index (χ1) is 11.0. The third-order valence-electron chi connectivity index (χ3n) is 5.41. The van der Waals surface area contributed by atoms with Crippen molar-refractivity contribution in [3.8, 4) is 0 Å². The molecule has 1 aliphatic rings. The summed E-state index contributed by atoms with van der Waals surface area (Å²) in [6.07, 6.45) is 0.907. The van der Waals surface area contributed by atoms with Gasteiger partial charge in [0.1, 0.15) is 8.07 Å². The summed E-state index contributed by atoms with van der Waals surface area (Å²) in [6, 6.07) is 20.9. The maximum atomic E-state index is 12.9. The molecule has 0 spiro atoms. The maximum absolute atomic E-state index is 12.9. The molecule has 0 heterocycles. The van der Waals surface area contributed by atoms with Crippen LogP contribution in [0.15, 0.2) is 60.7 Å². The van der Waals surface area contributed by atoms with E-state index < -0.39 is 8.07 Å². The Balaban J connectivity index is 2.03. The summed E-state index contributed by atoms with van der Waals surface area (Å²) >= 11 is 0. The highest BCUT2D eigenvalue weighted by molar-refractivity contribution is 6.95. The summed E-state index contributed by atoms with van der Waals surface area (Å²) in [5.41, 5.74) is 1.26. The van der Waals surface area contributed by atoms with Gasteiger partial charge in [-0.25, -0.2) is 0 Å². The van der Waals surface area contributed by atoms with Crippen LogP contribution < -0.4 is 5.19 Å². The van der Waals surface area contributed by atoms with Crippen molar-refractivity contribution < 1.29 is 9.53 Å². The van der Waals surface area contributed by atoms with E-state index in [1.165, 1.54) is 10.8 Å². The molecule has 1 fully saturated rings. The Morgan fingerprint density at radius 1 is 1.09 bits per heavy atom. The Morgan fingerprint density at radius 2 is 1.65 bits per heavy atom. The van der Waals surface area contributed by atoms with Crippen LogP contribution in [0.1, 0.15) is 24.8 Å². The van der Waals surface area contributed by atoms with Crippen LogP contribution in [0.5, 0.6) is 0 Å². The predicted octanol–water partition coefficient (Wildman–Crippen LogP) is 4.09. The Hall–Kier alpha value is -1.87. The monoisotopic (exact) mass is 324 g/mol. The van der Waals surface area contributed by atoms with Crippen LogP contribution in [0.2, 0.25) is 18.1 Å². The zero-order valence-corrected chi connectivity index (χ0v) is 15.1. The molecule has 2 atom stereocenters. The zero-order chi connectivity index (χ0) is 16.5. The van der Waals surface area contributed by atoms with Crippen LogP contribution in [0.25, 0.3) is 0 Å². The van der Waals surface area contributed by atoms with E-state index >= 15 is 0 Å². The van der Waals surface area contributed by atoms with E-state index in [0.717, 1.165) is 6.42 Å². The van der Waals surface area contributed by atoms with Gasteiger partial charge in [-0.3, -0.25) is 4.79 Å². The van der Waals surface area contributed by atoms with Crippen molar-refractivity contribution >= 4 is 19.2 Å². The van der Waals surface area contributed by atoms with Gasteiger partial charge in [0.25, 0.3) is 0 Å². The molecule has 3 heteroatoms. The van der Waals surface area contributed by atoms with Crippen LogP contribution >= 0.6 is 0 Å². The predicted molar refractivity (Wildman–Crippen MR) is 96.7 cm³/mol. The fraction of sp³-hybridized carbons (Fsp3) is 0.350. The summed E-state index contributed by atoms with van der Waals surface area (Å²) in [5, 5.41) is 0.984. The quantitative estimate of drug-likeness (QED) is 0.611. The number of esters is 1. The third-order valence-corrected chi connectivity index (χ3v) is 10.2. The largest absolute Gasteiger partial charge is 0.466 e. The van der Waals surface area contributed by atoms with Gasteiger partial charge in [-0.2, -0.15) is 0 Å². The van der Waals surface area contributed by atoms with E-state index in [-0.39, 0.29) is 16.9 Å². The lowest BCUT2D eigenvalue weighted by Crippen LogP contribution is -2.51. The molecule has 120 valence electrons. The third kappa shape index (κ3) is 2.53. The summed E-state index contributed by atoms with van der Waals surface area (Å²) in [7, 11) is -2.02. The van der Waals surface area contributed by atoms with Crippen molar-refractivity contribution in [2.75, 3.05) is 6.61 Å². The minimum atomic E-state index is -2.02. The average molecular weight is 324 g/mol. The molecule has 1 saturated carbocycles. The highest BCUT2D eigenvalue weighted by Gasteiger charge is 2.70. The molecule has 2 aromatic rings. The van der Waals surface area contributed by atoms with Gasteiger partial charge in [0.15, 0.2) is 0 Å². The number of hydrogen-bond donors (Lipinski definition) is 0. The molecular weight excluding hydrogens is 300 g/mol. The maximum Gasteiger partial charge on any atom is 0.310 e. The second kappa shape index (κ2) is 5.97.